The number of aromatic hydroxyl groups is 1. The molecule has 1 saturated heterocycles. The summed E-state index contributed by atoms with van der Waals surface area (Å²) >= 11 is 1.59. The number of carbonyl (C=O) groups is 2. The number of ether oxygens (including phenoxy) is 2. The summed E-state index contributed by atoms with van der Waals surface area (Å²) in [5, 5.41) is 40.6. The largest absolute Gasteiger partial charge is 0.507 e. The number of aliphatic hydroxyl groups excluding tert-OH is 1. The first-order chi connectivity index (χ1) is 29.5. The summed E-state index contributed by atoms with van der Waals surface area (Å²) in [5.41, 5.74) is 14.1. The van der Waals surface area contributed by atoms with Crippen molar-refractivity contribution >= 4 is 29.0 Å². The lowest BCUT2D eigenvalue weighted by Gasteiger charge is -2.28. The molecule has 2 amide bonds. The lowest BCUT2D eigenvalue weighted by molar-refractivity contribution is -0.141. The van der Waals surface area contributed by atoms with E-state index < -0.39 is 18.1 Å². The van der Waals surface area contributed by atoms with Gasteiger partial charge in [0.1, 0.15) is 23.5 Å². The van der Waals surface area contributed by atoms with Crippen molar-refractivity contribution < 1.29 is 33.8 Å². The molecule has 5 N–H and O–H groups in total. The van der Waals surface area contributed by atoms with E-state index in [-0.39, 0.29) is 42.3 Å². The Balaban J connectivity index is 0.819. The van der Waals surface area contributed by atoms with Crippen LogP contribution in [0.1, 0.15) is 55.3 Å². The summed E-state index contributed by atoms with van der Waals surface area (Å²) in [6.45, 7) is 8.48. The topological polar surface area (TPSA) is 217 Å². The van der Waals surface area contributed by atoms with Crippen LogP contribution < -0.4 is 11.1 Å². The Morgan fingerprint density at radius 2 is 1.80 bits per heavy atom. The van der Waals surface area contributed by atoms with Crippen molar-refractivity contribution in [2.45, 2.75) is 71.2 Å². The van der Waals surface area contributed by atoms with Gasteiger partial charge in [0, 0.05) is 55.1 Å². The first-order valence-electron chi connectivity index (χ1n) is 20.4. The summed E-state index contributed by atoms with van der Waals surface area (Å²) in [5.74, 6) is -0.587. The van der Waals surface area contributed by atoms with Gasteiger partial charge in [-0.3, -0.25) is 14.3 Å². The van der Waals surface area contributed by atoms with E-state index in [0.717, 1.165) is 27.3 Å². The number of thiazole rings is 1. The number of rotatable bonds is 19. The first kappa shape index (κ1) is 43.1. The Hall–Kier alpha value is -6.01. The molecule has 0 radical (unpaired) electrons. The van der Waals surface area contributed by atoms with Crippen LogP contribution in [0.15, 0.2) is 83.1 Å². The lowest BCUT2D eigenvalue weighted by Crippen LogP contribution is -2.48. The van der Waals surface area contributed by atoms with Crippen molar-refractivity contribution in [3.05, 3.63) is 101 Å². The minimum absolute atomic E-state index is 0.0681. The number of hydrogen-bond donors (Lipinski definition) is 4. The number of aryl methyl sites for hydroxylation is 2. The predicted molar refractivity (Wildman–Crippen MR) is 229 cm³/mol. The van der Waals surface area contributed by atoms with Crippen LogP contribution in [0.3, 0.4) is 0 Å². The molecule has 320 valence electrons. The van der Waals surface area contributed by atoms with Crippen LogP contribution >= 0.6 is 11.3 Å². The van der Waals surface area contributed by atoms with Gasteiger partial charge in [0.25, 0.3) is 0 Å². The van der Waals surface area contributed by atoms with Gasteiger partial charge in [-0.05, 0) is 55.0 Å². The molecule has 0 saturated carbocycles. The highest BCUT2D eigenvalue weighted by atomic mass is 32.1. The minimum Gasteiger partial charge on any atom is -0.507 e. The highest BCUT2D eigenvalue weighted by Gasteiger charge is 2.43. The van der Waals surface area contributed by atoms with Crippen LogP contribution in [0.25, 0.3) is 32.8 Å². The van der Waals surface area contributed by atoms with Gasteiger partial charge < -0.3 is 40.2 Å². The fourth-order valence-electron chi connectivity index (χ4n) is 7.39. The van der Waals surface area contributed by atoms with Crippen molar-refractivity contribution in [1.29, 1.82) is 0 Å². The van der Waals surface area contributed by atoms with Gasteiger partial charge >= 0.3 is 0 Å². The number of amides is 2. The zero-order chi connectivity index (χ0) is 42.9. The van der Waals surface area contributed by atoms with E-state index >= 15 is 0 Å². The maximum absolute atomic E-state index is 14.0. The molecule has 1 aliphatic heterocycles. The quantitative estimate of drug-likeness (QED) is 0.0752. The van der Waals surface area contributed by atoms with Crippen LogP contribution in [0.5, 0.6) is 5.75 Å². The summed E-state index contributed by atoms with van der Waals surface area (Å²) < 4.78 is 19.0. The molecule has 0 bridgehead atoms. The number of anilines is 1. The van der Waals surface area contributed by atoms with E-state index in [1.54, 1.807) is 52.5 Å². The minimum atomic E-state index is -0.807. The highest BCUT2D eigenvalue weighted by Crippen LogP contribution is 2.33. The molecule has 5 heterocycles. The SMILES string of the molecule is Cc1ncsc1-c1ccc(CNC(=O)[C@@H]2C[C@@H](O)CN2C(=O)C(c2cc(CCCOCCOCCn3cc(-c4cc(-c5ccccc5O)nnc4N)cn3)no2)C(C)C)cc1. The maximum Gasteiger partial charge on any atom is 0.243 e. The summed E-state index contributed by atoms with van der Waals surface area (Å²) in [6, 6.07) is 17.7. The zero-order valence-electron chi connectivity index (χ0n) is 34.4. The third-order valence-corrected chi connectivity index (χ3v) is 11.6. The average molecular weight is 850 g/mol. The van der Waals surface area contributed by atoms with E-state index in [1.165, 1.54) is 4.90 Å². The van der Waals surface area contributed by atoms with E-state index in [2.05, 4.69) is 30.8 Å². The van der Waals surface area contributed by atoms with Crippen molar-refractivity contribution in [3.8, 4) is 38.6 Å². The Kier molecular flexibility index (Phi) is 14.2. The van der Waals surface area contributed by atoms with Crippen LogP contribution in [0.2, 0.25) is 0 Å². The molecule has 1 aliphatic rings. The van der Waals surface area contributed by atoms with Crippen molar-refractivity contribution in [1.82, 2.24) is 40.3 Å². The molecule has 7 rings (SSSR count). The number of nitrogens with one attached hydrogen (secondary N) is 1. The number of aliphatic hydroxyl groups is 1. The number of nitrogen functional groups attached to an aromatic ring is 1. The van der Waals surface area contributed by atoms with Gasteiger partial charge in [0.2, 0.25) is 11.8 Å². The first-order valence-corrected chi connectivity index (χ1v) is 21.2. The summed E-state index contributed by atoms with van der Waals surface area (Å²) in [4.78, 5) is 34.4. The second-order valence-corrected chi connectivity index (χ2v) is 16.2. The van der Waals surface area contributed by atoms with Crippen molar-refractivity contribution in [3.63, 3.8) is 0 Å². The van der Waals surface area contributed by atoms with Gasteiger partial charge in [-0.25, -0.2) is 4.98 Å². The van der Waals surface area contributed by atoms with Crippen LogP contribution in [0, 0.1) is 12.8 Å². The van der Waals surface area contributed by atoms with Crippen LogP contribution in [-0.2, 0) is 38.6 Å². The molecule has 1 unspecified atom stereocenters. The fraction of sp³-hybridized carbons (Fsp3) is 0.386. The number of likely N-dealkylation sites (tertiary alicyclic amines) is 1. The molecule has 17 heteroatoms. The predicted octanol–water partition coefficient (Wildman–Crippen LogP) is 5.40. The van der Waals surface area contributed by atoms with Gasteiger partial charge in [0.15, 0.2) is 5.82 Å². The van der Waals surface area contributed by atoms with Crippen LogP contribution in [0.4, 0.5) is 5.82 Å². The Morgan fingerprint density at radius 3 is 2.56 bits per heavy atom. The number of nitrogens with two attached hydrogens (primary N) is 1. The monoisotopic (exact) mass is 849 g/mol. The normalized spacial score (nSPS) is 15.7. The van der Waals surface area contributed by atoms with E-state index in [4.69, 9.17) is 19.7 Å². The van der Waals surface area contributed by atoms with Crippen molar-refractivity contribution in [2.24, 2.45) is 5.92 Å². The number of aromatic nitrogens is 6. The van der Waals surface area contributed by atoms with Gasteiger partial charge in [-0.2, -0.15) is 5.10 Å². The van der Waals surface area contributed by atoms with Crippen molar-refractivity contribution in [2.75, 3.05) is 38.7 Å². The van der Waals surface area contributed by atoms with Gasteiger partial charge in [-0.1, -0.05) is 55.4 Å². The van der Waals surface area contributed by atoms with E-state index in [1.807, 2.05) is 62.8 Å². The Labute approximate surface area is 357 Å². The smallest absolute Gasteiger partial charge is 0.243 e. The summed E-state index contributed by atoms with van der Waals surface area (Å²) in [7, 11) is 0. The lowest BCUT2D eigenvalue weighted by atomic mass is 9.91. The fourth-order valence-corrected chi connectivity index (χ4v) is 8.20. The average Bonchev–Trinajstić information content (AvgIpc) is 4.08. The third-order valence-electron chi connectivity index (χ3n) is 10.6. The molecule has 3 atom stereocenters. The number of para-hydroxylation sites is 1. The number of carbonyl (C=O) groups excluding carboxylic acids is 2. The Bertz CT molecular complexity index is 2400. The molecule has 1 fully saturated rings. The third kappa shape index (κ3) is 10.7. The van der Waals surface area contributed by atoms with Gasteiger partial charge in [0.05, 0.1) is 66.1 Å². The molecule has 61 heavy (non-hydrogen) atoms. The molecule has 6 aromatic rings. The number of benzene rings is 2. The molecule has 0 aliphatic carbocycles. The number of nitrogens with zero attached hydrogens (tertiary/aromatic N) is 7. The molecule has 0 spiro atoms. The standard InChI is InChI=1S/C44H51N9O7S/c1-27(2)40(44(57)53-25-33(54)20-37(53)43(56)46-22-29-10-12-30(13-11-29)41-28(3)47-26-61-41)39-19-32(51-60-39)7-6-15-58-17-18-59-16-14-52-24-31(23-48-52)35-21-36(49-50-42(35)45)34-8-4-5-9-38(34)55/h4-5,8-13,19,21,23-24,26-27,33,37,40,54-55H,6-7,14-18,20,22,25H2,1-3H3,(H2,45,50)(H,46,56)/t33-,37+,40?/m1/s1. The van der Waals surface area contributed by atoms with Crippen LogP contribution in [-0.4, -0.2) is 102 Å². The number of β-amino-alcohol motifs (C(OH)–C–C–N with tert-alkyl or cyclic N) is 1. The molecular weight excluding hydrogens is 799 g/mol. The molecule has 2 aromatic carbocycles. The molecular formula is C44H51N9O7S. The second kappa shape index (κ2) is 20.0. The van der Waals surface area contributed by atoms with Gasteiger partial charge in [-0.15, -0.1) is 21.5 Å². The molecule has 16 nitrogen and oxygen atoms in total. The van der Waals surface area contributed by atoms with E-state index in [9.17, 15) is 19.8 Å². The molecule has 4 aromatic heterocycles. The number of hydrogen-bond acceptors (Lipinski definition) is 14. The summed E-state index contributed by atoms with van der Waals surface area (Å²) in [6.07, 6.45) is 4.20. The Morgan fingerprint density at radius 1 is 1.02 bits per heavy atom. The maximum atomic E-state index is 14.0. The van der Waals surface area contributed by atoms with E-state index in [0.29, 0.717) is 80.6 Å². The number of phenolic OH excluding ortho intramolecular Hbond substituents is 1. The highest BCUT2D eigenvalue weighted by molar-refractivity contribution is 7.13. The zero-order valence-corrected chi connectivity index (χ0v) is 35.3. The number of phenols is 1. The second-order valence-electron chi connectivity index (χ2n) is 15.4.